The molecule has 0 atom stereocenters. The van der Waals surface area contributed by atoms with Crippen molar-refractivity contribution in [2.45, 2.75) is 10.4 Å². The normalized spacial score (nSPS) is 12.1. The van der Waals surface area contributed by atoms with Crippen molar-refractivity contribution in [3.8, 4) is 0 Å². The fourth-order valence-corrected chi connectivity index (χ4v) is 2.60. The average Bonchev–Trinajstić information content (AvgIpc) is 2.56. The minimum Gasteiger partial charge on any atom is -0.394 e. The second kappa shape index (κ2) is 8.79. The van der Waals surface area contributed by atoms with Crippen LogP contribution in [0.1, 0.15) is 5.56 Å². The van der Waals surface area contributed by atoms with Crippen molar-refractivity contribution in [1.82, 2.24) is 5.12 Å². The smallest absolute Gasteiger partial charge is 0.394 e. The summed E-state index contributed by atoms with van der Waals surface area (Å²) in [6, 6.07) is 12.9. The lowest BCUT2D eigenvalue weighted by atomic mass is 10.1. The molecule has 2 aromatic carbocycles. The lowest BCUT2D eigenvalue weighted by molar-refractivity contribution is -0.0328. The molecule has 0 aliphatic carbocycles. The standard InChI is InChI=1S/C16H18F3N5OS/c17-16(18,19)26-12-7-5-11(6-8-12)22-14-4-2-1-3-13(14)15(20)23-24(21)9-10-25/h1-8,22,25H,9-10,21H2,(H2,20,23). The Bertz CT molecular complexity index is 752. The van der Waals surface area contributed by atoms with Crippen molar-refractivity contribution in [2.75, 3.05) is 18.5 Å². The highest BCUT2D eigenvalue weighted by Gasteiger charge is 2.29. The number of aliphatic hydroxyl groups excluding tert-OH is 1. The van der Waals surface area contributed by atoms with Crippen LogP contribution >= 0.6 is 11.8 Å². The van der Waals surface area contributed by atoms with Crippen molar-refractivity contribution in [3.05, 3.63) is 54.1 Å². The van der Waals surface area contributed by atoms with Crippen molar-refractivity contribution < 1.29 is 18.3 Å². The second-order valence-corrected chi connectivity index (χ2v) is 6.25. The van der Waals surface area contributed by atoms with Gasteiger partial charge in [0, 0.05) is 21.8 Å². The van der Waals surface area contributed by atoms with Gasteiger partial charge in [-0.25, -0.2) is 11.0 Å². The number of amidine groups is 1. The molecule has 0 spiro atoms. The number of rotatable bonds is 7. The van der Waals surface area contributed by atoms with Crippen molar-refractivity contribution in [3.63, 3.8) is 0 Å². The lowest BCUT2D eigenvalue weighted by Gasteiger charge is -2.15. The van der Waals surface area contributed by atoms with Crippen LogP contribution in [-0.2, 0) is 0 Å². The Morgan fingerprint density at radius 1 is 1.15 bits per heavy atom. The molecule has 0 fully saturated rings. The molecule has 140 valence electrons. The number of hydrazine groups is 1. The van der Waals surface area contributed by atoms with Gasteiger partial charge in [0.15, 0.2) is 5.84 Å². The number of para-hydroxylation sites is 1. The maximum absolute atomic E-state index is 12.4. The summed E-state index contributed by atoms with van der Waals surface area (Å²) in [5.74, 6) is 5.72. The van der Waals surface area contributed by atoms with Crippen LogP contribution in [0.3, 0.4) is 0 Å². The Morgan fingerprint density at radius 2 is 1.81 bits per heavy atom. The van der Waals surface area contributed by atoms with Crippen LogP contribution in [0.25, 0.3) is 0 Å². The maximum Gasteiger partial charge on any atom is 0.446 e. The van der Waals surface area contributed by atoms with Gasteiger partial charge in [-0.15, -0.1) is 5.10 Å². The molecule has 0 saturated heterocycles. The number of aliphatic hydroxyl groups is 1. The summed E-state index contributed by atoms with van der Waals surface area (Å²) in [6.45, 7) is -0.0515. The van der Waals surface area contributed by atoms with Crippen LogP contribution in [0.4, 0.5) is 24.5 Å². The van der Waals surface area contributed by atoms with E-state index in [0.717, 1.165) is 5.12 Å². The van der Waals surface area contributed by atoms with Crippen molar-refractivity contribution in [2.24, 2.45) is 16.7 Å². The predicted molar refractivity (Wildman–Crippen MR) is 96.8 cm³/mol. The van der Waals surface area contributed by atoms with E-state index in [0.29, 0.717) is 16.9 Å². The van der Waals surface area contributed by atoms with Crippen molar-refractivity contribution in [1.29, 1.82) is 0 Å². The number of nitrogens with zero attached hydrogens (tertiary/aromatic N) is 2. The first-order chi connectivity index (χ1) is 12.3. The van der Waals surface area contributed by atoms with Crippen LogP contribution in [-0.4, -0.2) is 34.7 Å². The van der Waals surface area contributed by atoms with Gasteiger partial charge in [-0.3, -0.25) is 0 Å². The van der Waals surface area contributed by atoms with Gasteiger partial charge in [-0.05, 0) is 48.2 Å². The largest absolute Gasteiger partial charge is 0.446 e. The molecule has 6 nitrogen and oxygen atoms in total. The average molecular weight is 385 g/mol. The van der Waals surface area contributed by atoms with E-state index in [4.69, 9.17) is 16.7 Å². The Labute approximate surface area is 152 Å². The molecule has 0 heterocycles. The number of nitrogens with one attached hydrogen (secondary N) is 1. The molecule has 0 bridgehead atoms. The summed E-state index contributed by atoms with van der Waals surface area (Å²) in [5.41, 5.74) is 3.40. The van der Waals surface area contributed by atoms with Gasteiger partial charge in [-0.1, -0.05) is 12.1 Å². The van der Waals surface area contributed by atoms with E-state index in [2.05, 4.69) is 10.4 Å². The van der Waals surface area contributed by atoms with Crippen LogP contribution < -0.4 is 16.9 Å². The number of hydrazone groups is 1. The summed E-state index contributed by atoms with van der Waals surface area (Å²) >= 11 is -0.171. The predicted octanol–water partition coefficient (Wildman–Crippen LogP) is 2.83. The molecule has 0 amide bonds. The number of thioether (sulfide) groups is 1. The van der Waals surface area contributed by atoms with Gasteiger partial charge < -0.3 is 16.2 Å². The van der Waals surface area contributed by atoms with Crippen LogP contribution in [0, 0.1) is 0 Å². The molecule has 0 aromatic heterocycles. The highest BCUT2D eigenvalue weighted by atomic mass is 32.2. The van der Waals surface area contributed by atoms with E-state index >= 15 is 0 Å². The Balaban J connectivity index is 2.17. The number of halogens is 3. The van der Waals surface area contributed by atoms with Gasteiger partial charge in [0.05, 0.1) is 13.2 Å². The lowest BCUT2D eigenvalue weighted by Crippen LogP contribution is -2.32. The minimum absolute atomic E-state index is 0.0974. The summed E-state index contributed by atoms with van der Waals surface area (Å²) in [4.78, 5) is 0.0974. The van der Waals surface area contributed by atoms with Gasteiger partial charge in [-0.2, -0.15) is 13.2 Å². The van der Waals surface area contributed by atoms with Crippen molar-refractivity contribution >= 4 is 29.0 Å². The van der Waals surface area contributed by atoms with Crippen LogP contribution in [0.15, 0.2) is 58.5 Å². The monoisotopic (exact) mass is 385 g/mol. The van der Waals surface area contributed by atoms with E-state index in [1.165, 1.54) is 12.1 Å². The highest BCUT2D eigenvalue weighted by Crippen LogP contribution is 2.37. The molecular weight excluding hydrogens is 367 g/mol. The molecule has 0 aliphatic rings. The number of benzene rings is 2. The highest BCUT2D eigenvalue weighted by molar-refractivity contribution is 8.00. The minimum atomic E-state index is -4.32. The van der Waals surface area contributed by atoms with E-state index in [1.807, 2.05) is 0 Å². The fourth-order valence-electron chi connectivity index (χ4n) is 2.06. The zero-order valence-electron chi connectivity index (χ0n) is 13.6. The maximum atomic E-state index is 12.4. The molecule has 0 aliphatic heterocycles. The first kappa shape index (κ1) is 19.9. The Morgan fingerprint density at radius 3 is 2.42 bits per heavy atom. The SMILES string of the molecule is N/C(=N\N(N)CCO)c1ccccc1Nc1ccc(SC(F)(F)F)cc1. The summed E-state index contributed by atoms with van der Waals surface area (Å²) in [5, 5.41) is 16.9. The molecule has 10 heteroatoms. The zero-order valence-corrected chi connectivity index (χ0v) is 14.4. The Kier molecular flexibility index (Phi) is 6.72. The number of hydrogen-bond acceptors (Lipinski definition) is 6. The van der Waals surface area contributed by atoms with Gasteiger partial charge in [0.1, 0.15) is 0 Å². The van der Waals surface area contributed by atoms with Crippen LogP contribution in [0.2, 0.25) is 0 Å². The number of hydrogen-bond donors (Lipinski definition) is 4. The molecule has 26 heavy (non-hydrogen) atoms. The zero-order chi connectivity index (χ0) is 19.2. The van der Waals surface area contributed by atoms with Crippen LogP contribution in [0.5, 0.6) is 0 Å². The first-order valence-electron chi connectivity index (χ1n) is 7.48. The number of anilines is 2. The fraction of sp³-hybridized carbons (Fsp3) is 0.188. The van der Waals surface area contributed by atoms with E-state index in [9.17, 15) is 13.2 Å². The quantitative estimate of drug-likeness (QED) is 0.192. The van der Waals surface area contributed by atoms with E-state index < -0.39 is 5.51 Å². The molecule has 0 unspecified atom stereocenters. The third kappa shape index (κ3) is 6.14. The molecular formula is C16H18F3N5OS. The second-order valence-electron chi connectivity index (χ2n) is 5.11. The number of alkyl halides is 3. The molecule has 0 saturated carbocycles. The Hall–Kier alpha value is -2.43. The van der Waals surface area contributed by atoms with Gasteiger partial charge in [0.25, 0.3) is 0 Å². The molecule has 0 radical (unpaired) electrons. The summed E-state index contributed by atoms with van der Waals surface area (Å²) in [7, 11) is 0. The molecule has 2 aromatic rings. The van der Waals surface area contributed by atoms with E-state index in [-0.39, 0.29) is 35.6 Å². The summed E-state index contributed by atoms with van der Waals surface area (Å²) < 4.78 is 37.1. The number of nitrogens with two attached hydrogens (primary N) is 2. The topological polar surface area (TPSA) is 99.9 Å². The molecule has 2 rings (SSSR count). The van der Waals surface area contributed by atoms with Gasteiger partial charge >= 0.3 is 5.51 Å². The first-order valence-corrected chi connectivity index (χ1v) is 8.29. The summed E-state index contributed by atoms with van der Waals surface area (Å²) in [6.07, 6.45) is 0. The molecule has 6 N–H and O–H groups in total. The third-order valence-electron chi connectivity index (χ3n) is 3.14. The van der Waals surface area contributed by atoms with Gasteiger partial charge in [0.2, 0.25) is 0 Å². The third-order valence-corrected chi connectivity index (χ3v) is 3.87. The van der Waals surface area contributed by atoms with E-state index in [1.54, 1.807) is 36.4 Å².